The second kappa shape index (κ2) is 5.67. The minimum Gasteiger partial charge on any atom is -0.308 e. The van der Waals surface area contributed by atoms with Gasteiger partial charge in [-0.15, -0.1) is 0 Å². The van der Waals surface area contributed by atoms with Crippen molar-refractivity contribution in [1.29, 1.82) is 0 Å². The summed E-state index contributed by atoms with van der Waals surface area (Å²) in [7, 11) is 0. The van der Waals surface area contributed by atoms with Gasteiger partial charge in [-0.3, -0.25) is 4.79 Å². The molecule has 0 aromatic heterocycles. The van der Waals surface area contributed by atoms with Gasteiger partial charge in [0.15, 0.2) is 0 Å². The van der Waals surface area contributed by atoms with Crippen molar-refractivity contribution in [3.63, 3.8) is 0 Å². The monoisotopic (exact) mass is 241 g/mol. The Kier molecular flexibility index (Phi) is 3.98. The number of nitrogens with zero attached hydrogens (tertiary/aromatic N) is 1. The number of carbonyl (C=O) groups excluding carboxylic acids is 1. The highest BCUT2D eigenvalue weighted by molar-refractivity contribution is 5.93. The standard InChI is InChI=1S/C16H19NO/c1-13(2)16(18)17(15-10-6-7-11-15)12-14-8-4-3-5-9-14/h3-5,8-10H,1,6-7,11-12H2,2H3. The Labute approximate surface area is 109 Å². The van der Waals surface area contributed by atoms with Gasteiger partial charge in [0.1, 0.15) is 0 Å². The first-order valence-corrected chi connectivity index (χ1v) is 6.39. The van der Waals surface area contributed by atoms with Crippen LogP contribution < -0.4 is 0 Å². The van der Waals surface area contributed by atoms with Crippen molar-refractivity contribution in [3.05, 3.63) is 59.8 Å². The van der Waals surface area contributed by atoms with Crippen molar-refractivity contribution in [2.75, 3.05) is 0 Å². The Morgan fingerprint density at radius 3 is 2.61 bits per heavy atom. The van der Waals surface area contributed by atoms with Crippen molar-refractivity contribution in [3.8, 4) is 0 Å². The van der Waals surface area contributed by atoms with Crippen LogP contribution in [0.4, 0.5) is 0 Å². The van der Waals surface area contributed by atoms with E-state index in [1.807, 2.05) is 35.2 Å². The van der Waals surface area contributed by atoms with Crippen molar-refractivity contribution < 1.29 is 4.79 Å². The highest BCUT2D eigenvalue weighted by Crippen LogP contribution is 2.24. The first kappa shape index (κ1) is 12.6. The Bertz CT molecular complexity index is 471. The molecule has 1 aliphatic carbocycles. The molecule has 1 aliphatic rings. The van der Waals surface area contributed by atoms with Gasteiger partial charge in [-0.2, -0.15) is 0 Å². The second-order valence-corrected chi connectivity index (χ2v) is 4.74. The van der Waals surface area contributed by atoms with E-state index in [1.165, 1.54) is 0 Å². The lowest BCUT2D eigenvalue weighted by atomic mass is 10.1. The molecule has 0 unspecified atom stereocenters. The predicted molar refractivity (Wildman–Crippen MR) is 73.7 cm³/mol. The summed E-state index contributed by atoms with van der Waals surface area (Å²) in [5, 5.41) is 0. The van der Waals surface area contributed by atoms with E-state index in [0.717, 1.165) is 30.5 Å². The summed E-state index contributed by atoms with van der Waals surface area (Å²) in [4.78, 5) is 14.1. The van der Waals surface area contributed by atoms with Gasteiger partial charge >= 0.3 is 0 Å². The SMILES string of the molecule is C=C(C)C(=O)N(Cc1ccccc1)C1=CCCC1. The first-order valence-electron chi connectivity index (χ1n) is 6.39. The highest BCUT2D eigenvalue weighted by atomic mass is 16.2. The molecule has 0 heterocycles. The Morgan fingerprint density at radius 2 is 2.06 bits per heavy atom. The maximum absolute atomic E-state index is 12.2. The zero-order chi connectivity index (χ0) is 13.0. The summed E-state index contributed by atoms with van der Waals surface area (Å²) in [5.41, 5.74) is 2.89. The van der Waals surface area contributed by atoms with Gasteiger partial charge in [-0.05, 0) is 31.7 Å². The molecule has 0 fully saturated rings. The van der Waals surface area contributed by atoms with E-state index in [0.29, 0.717) is 12.1 Å². The first-order chi connectivity index (χ1) is 8.68. The molecule has 2 rings (SSSR count). The third-order valence-electron chi connectivity index (χ3n) is 3.16. The van der Waals surface area contributed by atoms with Crippen molar-refractivity contribution >= 4 is 5.91 Å². The molecule has 0 spiro atoms. The van der Waals surface area contributed by atoms with Crippen LogP contribution in [-0.4, -0.2) is 10.8 Å². The Morgan fingerprint density at radius 1 is 1.33 bits per heavy atom. The zero-order valence-corrected chi connectivity index (χ0v) is 10.9. The highest BCUT2D eigenvalue weighted by Gasteiger charge is 2.20. The maximum atomic E-state index is 12.2. The number of hydrogen-bond acceptors (Lipinski definition) is 1. The minimum atomic E-state index is 0.0343. The van der Waals surface area contributed by atoms with Crippen LogP contribution in [0.2, 0.25) is 0 Å². The normalized spacial score (nSPS) is 14.2. The van der Waals surface area contributed by atoms with Gasteiger partial charge in [0.25, 0.3) is 5.91 Å². The summed E-state index contributed by atoms with van der Waals surface area (Å²) in [6.45, 7) is 6.18. The van der Waals surface area contributed by atoms with E-state index in [-0.39, 0.29) is 5.91 Å². The summed E-state index contributed by atoms with van der Waals surface area (Å²) in [6, 6.07) is 10.1. The number of hydrogen-bond donors (Lipinski definition) is 0. The molecular weight excluding hydrogens is 222 g/mol. The third kappa shape index (κ3) is 2.89. The lowest BCUT2D eigenvalue weighted by molar-refractivity contribution is -0.125. The Hall–Kier alpha value is -1.83. The molecule has 1 aromatic carbocycles. The number of carbonyl (C=O) groups is 1. The predicted octanol–water partition coefficient (Wildman–Crippen LogP) is 3.66. The molecule has 1 aromatic rings. The summed E-state index contributed by atoms with van der Waals surface area (Å²) in [6.07, 6.45) is 5.38. The van der Waals surface area contributed by atoms with Crippen LogP contribution in [0.5, 0.6) is 0 Å². The minimum absolute atomic E-state index is 0.0343. The molecule has 18 heavy (non-hydrogen) atoms. The number of amides is 1. The van der Waals surface area contributed by atoms with E-state index in [1.54, 1.807) is 6.92 Å². The van der Waals surface area contributed by atoms with Crippen LogP contribution in [0.25, 0.3) is 0 Å². The van der Waals surface area contributed by atoms with Crippen LogP contribution >= 0.6 is 0 Å². The van der Waals surface area contributed by atoms with Crippen LogP contribution in [0.1, 0.15) is 31.7 Å². The summed E-state index contributed by atoms with van der Waals surface area (Å²) < 4.78 is 0. The molecule has 2 nitrogen and oxygen atoms in total. The fourth-order valence-corrected chi connectivity index (χ4v) is 2.20. The third-order valence-corrected chi connectivity index (χ3v) is 3.16. The molecule has 0 bridgehead atoms. The van der Waals surface area contributed by atoms with Crippen LogP contribution in [0.3, 0.4) is 0 Å². The molecule has 0 saturated carbocycles. The summed E-state index contributed by atoms with van der Waals surface area (Å²) in [5.74, 6) is 0.0343. The number of allylic oxidation sites excluding steroid dienone is 2. The average molecular weight is 241 g/mol. The topological polar surface area (TPSA) is 20.3 Å². The average Bonchev–Trinajstić information content (AvgIpc) is 2.90. The van der Waals surface area contributed by atoms with Gasteiger partial charge < -0.3 is 4.90 Å². The molecule has 0 aliphatic heterocycles. The lowest BCUT2D eigenvalue weighted by Gasteiger charge is -2.24. The van der Waals surface area contributed by atoms with Gasteiger partial charge in [0, 0.05) is 11.3 Å². The van der Waals surface area contributed by atoms with Crippen LogP contribution in [0, 0.1) is 0 Å². The van der Waals surface area contributed by atoms with E-state index in [9.17, 15) is 4.79 Å². The number of benzene rings is 1. The summed E-state index contributed by atoms with van der Waals surface area (Å²) >= 11 is 0. The maximum Gasteiger partial charge on any atom is 0.253 e. The molecule has 0 radical (unpaired) electrons. The van der Waals surface area contributed by atoms with E-state index >= 15 is 0 Å². The quantitative estimate of drug-likeness (QED) is 0.737. The zero-order valence-electron chi connectivity index (χ0n) is 10.9. The Balaban J connectivity index is 2.20. The largest absolute Gasteiger partial charge is 0.308 e. The molecule has 94 valence electrons. The molecule has 2 heteroatoms. The van der Waals surface area contributed by atoms with Crippen molar-refractivity contribution in [2.45, 2.75) is 32.7 Å². The fourth-order valence-electron chi connectivity index (χ4n) is 2.20. The second-order valence-electron chi connectivity index (χ2n) is 4.74. The van der Waals surface area contributed by atoms with Crippen molar-refractivity contribution in [2.24, 2.45) is 0 Å². The van der Waals surface area contributed by atoms with Crippen LogP contribution in [-0.2, 0) is 11.3 Å². The lowest BCUT2D eigenvalue weighted by Crippen LogP contribution is -2.29. The van der Waals surface area contributed by atoms with Gasteiger partial charge in [-0.25, -0.2) is 0 Å². The van der Waals surface area contributed by atoms with Gasteiger partial charge in [0.2, 0.25) is 0 Å². The molecule has 0 N–H and O–H groups in total. The molecule has 0 atom stereocenters. The molecular formula is C16H19NO. The smallest absolute Gasteiger partial charge is 0.253 e. The van der Waals surface area contributed by atoms with Crippen LogP contribution in [0.15, 0.2) is 54.3 Å². The van der Waals surface area contributed by atoms with E-state index in [2.05, 4.69) is 12.7 Å². The molecule has 0 saturated heterocycles. The van der Waals surface area contributed by atoms with E-state index in [4.69, 9.17) is 0 Å². The fraction of sp³-hybridized carbons (Fsp3) is 0.312. The molecule has 1 amide bonds. The van der Waals surface area contributed by atoms with Gasteiger partial charge in [0.05, 0.1) is 6.54 Å². The van der Waals surface area contributed by atoms with Crippen molar-refractivity contribution in [1.82, 2.24) is 4.90 Å². The number of rotatable bonds is 4. The van der Waals surface area contributed by atoms with Gasteiger partial charge in [-0.1, -0.05) is 43.0 Å². The van der Waals surface area contributed by atoms with E-state index < -0.39 is 0 Å².